The molecule has 1 heterocycles. The monoisotopic (exact) mass is 408 g/mol. The van der Waals surface area contributed by atoms with E-state index in [9.17, 15) is 17.6 Å². The maximum atomic E-state index is 14.3. The quantitative estimate of drug-likeness (QED) is 0.650. The SMILES string of the molecule is COCCn1c(=NC(=O)c2ccc(S(C)(=O)=O)cc2)sc2cccc(F)c21. The third kappa shape index (κ3) is 4.15. The molecule has 0 fully saturated rings. The molecule has 3 aromatic rings. The Hall–Kier alpha value is -2.36. The number of para-hydroxylation sites is 1. The number of ether oxygens (including phenoxy) is 1. The molecule has 0 radical (unpaired) electrons. The van der Waals surface area contributed by atoms with E-state index in [-0.39, 0.29) is 10.5 Å². The molecule has 0 saturated carbocycles. The summed E-state index contributed by atoms with van der Waals surface area (Å²) in [6, 6.07) is 10.3. The maximum Gasteiger partial charge on any atom is 0.279 e. The number of amides is 1. The third-order valence-corrected chi connectivity index (χ3v) is 6.07. The topological polar surface area (TPSA) is 77.7 Å². The Morgan fingerprint density at radius 1 is 1.22 bits per heavy atom. The van der Waals surface area contributed by atoms with Crippen molar-refractivity contribution in [3.63, 3.8) is 0 Å². The van der Waals surface area contributed by atoms with Crippen molar-refractivity contribution in [2.24, 2.45) is 4.99 Å². The lowest BCUT2D eigenvalue weighted by Gasteiger charge is -2.05. The lowest BCUT2D eigenvalue weighted by atomic mass is 10.2. The molecule has 27 heavy (non-hydrogen) atoms. The molecule has 0 aliphatic heterocycles. The first-order chi connectivity index (χ1) is 12.8. The minimum Gasteiger partial charge on any atom is -0.383 e. The van der Waals surface area contributed by atoms with Crippen molar-refractivity contribution < 1.29 is 22.3 Å². The lowest BCUT2D eigenvalue weighted by Crippen LogP contribution is -2.19. The summed E-state index contributed by atoms with van der Waals surface area (Å²) in [6.07, 6.45) is 1.10. The summed E-state index contributed by atoms with van der Waals surface area (Å²) in [5.74, 6) is -0.931. The normalized spacial score (nSPS) is 12.6. The molecule has 0 N–H and O–H groups in total. The first kappa shape index (κ1) is 19.4. The third-order valence-electron chi connectivity index (χ3n) is 3.90. The Labute approximate surface area is 159 Å². The van der Waals surface area contributed by atoms with Crippen LogP contribution < -0.4 is 4.80 Å². The molecule has 1 aromatic heterocycles. The van der Waals surface area contributed by atoms with Gasteiger partial charge in [-0.15, -0.1) is 0 Å². The fourth-order valence-corrected chi connectivity index (χ4v) is 4.26. The summed E-state index contributed by atoms with van der Waals surface area (Å²) in [5, 5.41) is 0. The van der Waals surface area contributed by atoms with Gasteiger partial charge in [-0.2, -0.15) is 4.99 Å². The van der Waals surface area contributed by atoms with Crippen LogP contribution in [-0.4, -0.2) is 38.9 Å². The average molecular weight is 408 g/mol. The minimum absolute atomic E-state index is 0.123. The number of benzene rings is 2. The summed E-state index contributed by atoms with van der Waals surface area (Å²) in [7, 11) is -1.80. The van der Waals surface area contributed by atoms with Crippen molar-refractivity contribution in [1.29, 1.82) is 0 Å². The van der Waals surface area contributed by atoms with Crippen LogP contribution in [0.5, 0.6) is 0 Å². The van der Waals surface area contributed by atoms with Crippen LogP contribution in [0.3, 0.4) is 0 Å². The van der Waals surface area contributed by atoms with Gasteiger partial charge in [0.25, 0.3) is 5.91 Å². The Kier molecular flexibility index (Phi) is 5.54. The number of fused-ring (bicyclic) bond motifs is 1. The fraction of sp³-hybridized carbons (Fsp3) is 0.222. The van der Waals surface area contributed by atoms with E-state index >= 15 is 0 Å². The van der Waals surface area contributed by atoms with Crippen LogP contribution in [0.1, 0.15) is 10.4 Å². The Morgan fingerprint density at radius 2 is 1.93 bits per heavy atom. The van der Waals surface area contributed by atoms with Crippen molar-refractivity contribution in [2.45, 2.75) is 11.4 Å². The van der Waals surface area contributed by atoms with E-state index in [1.54, 1.807) is 16.7 Å². The van der Waals surface area contributed by atoms with Gasteiger partial charge in [-0.1, -0.05) is 17.4 Å². The predicted octanol–water partition coefficient (Wildman–Crippen LogP) is 2.63. The van der Waals surface area contributed by atoms with E-state index in [2.05, 4.69) is 4.99 Å². The second kappa shape index (κ2) is 7.71. The number of carbonyl (C=O) groups is 1. The van der Waals surface area contributed by atoms with Gasteiger partial charge in [0, 0.05) is 25.5 Å². The van der Waals surface area contributed by atoms with Crippen molar-refractivity contribution in [2.75, 3.05) is 20.0 Å². The van der Waals surface area contributed by atoms with Gasteiger partial charge in [0.1, 0.15) is 5.82 Å². The van der Waals surface area contributed by atoms with Crippen LogP contribution in [0.2, 0.25) is 0 Å². The highest BCUT2D eigenvalue weighted by Gasteiger charge is 2.13. The number of aromatic nitrogens is 1. The number of halogens is 1. The Morgan fingerprint density at radius 3 is 2.56 bits per heavy atom. The predicted molar refractivity (Wildman–Crippen MR) is 101 cm³/mol. The van der Waals surface area contributed by atoms with Gasteiger partial charge in [-0.3, -0.25) is 4.79 Å². The van der Waals surface area contributed by atoms with Crippen molar-refractivity contribution in [3.8, 4) is 0 Å². The smallest absolute Gasteiger partial charge is 0.279 e. The van der Waals surface area contributed by atoms with Gasteiger partial charge in [0.2, 0.25) is 0 Å². The molecule has 1 amide bonds. The summed E-state index contributed by atoms with van der Waals surface area (Å²) >= 11 is 1.20. The van der Waals surface area contributed by atoms with Crippen LogP contribution in [0.4, 0.5) is 4.39 Å². The molecule has 0 aliphatic carbocycles. The average Bonchev–Trinajstić information content (AvgIpc) is 2.97. The van der Waals surface area contributed by atoms with E-state index in [1.165, 1.54) is 48.8 Å². The lowest BCUT2D eigenvalue weighted by molar-refractivity contribution is 0.0997. The molecule has 0 bridgehead atoms. The first-order valence-electron chi connectivity index (χ1n) is 7.97. The van der Waals surface area contributed by atoms with Gasteiger partial charge >= 0.3 is 0 Å². The standard InChI is InChI=1S/C18H17FN2O4S2/c1-25-11-10-21-16-14(19)4-3-5-15(16)26-18(21)20-17(22)12-6-8-13(9-7-12)27(2,23)24/h3-9H,10-11H2,1-2H3. The Balaban J connectivity index is 2.06. The van der Waals surface area contributed by atoms with Crippen LogP contribution in [-0.2, 0) is 21.1 Å². The molecule has 142 valence electrons. The van der Waals surface area contributed by atoms with Crippen molar-refractivity contribution in [3.05, 3.63) is 58.6 Å². The van der Waals surface area contributed by atoms with E-state index in [4.69, 9.17) is 4.74 Å². The number of thiazole rings is 1. The molecular formula is C18H17FN2O4S2. The highest BCUT2D eigenvalue weighted by Crippen LogP contribution is 2.20. The van der Waals surface area contributed by atoms with Gasteiger partial charge in [0.05, 0.1) is 21.7 Å². The summed E-state index contributed by atoms with van der Waals surface area (Å²) in [5.41, 5.74) is 0.622. The minimum atomic E-state index is -3.34. The number of hydrogen-bond acceptors (Lipinski definition) is 5. The van der Waals surface area contributed by atoms with E-state index < -0.39 is 21.6 Å². The van der Waals surface area contributed by atoms with Crippen LogP contribution in [0.15, 0.2) is 52.4 Å². The molecule has 3 rings (SSSR count). The zero-order valence-corrected chi connectivity index (χ0v) is 16.3. The number of rotatable bonds is 5. The molecular weight excluding hydrogens is 391 g/mol. The Bertz CT molecular complexity index is 1160. The number of carbonyl (C=O) groups excluding carboxylic acids is 1. The molecule has 0 atom stereocenters. The summed E-state index contributed by atoms with van der Waals surface area (Å²) in [6.45, 7) is 0.682. The van der Waals surface area contributed by atoms with Crippen LogP contribution in [0, 0.1) is 5.82 Å². The summed E-state index contributed by atoms with van der Waals surface area (Å²) in [4.78, 5) is 17.1. The molecule has 6 nitrogen and oxygen atoms in total. The number of sulfone groups is 1. The molecule has 0 aliphatic rings. The highest BCUT2D eigenvalue weighted by molar-refractivity contribution is 7.90. The number of methoxy groups -OCH3 is 1. The zero-order chi connectivity index (χ0) is 19.6. The molecule has 0 unspecified atom stereocenters. The van der Waals surface area contributed by atoms with E-state index in [1.807, 2.05) is 0 Å². The fourth-order valence-electron chi connectivity index (χ4n) is 2.56. The van der Waals surface area contributed by atoms with Crippen molar-refractivity contribution >= 4 is 37.3 Å². The first-order valence-corrected chi connectivity index (χ1v) is 10.7. The zero-order valence-electron chi connectivity index (χ0n) is 14.7. The van der Waals surface area contributed by atoms with Gasteiger partial charge in [-0.05, 0) is 36.4 Å². The highest BCUT2D eigenvalue weighted by atomic mass is 32.2. The largest absolute Gasteiger partial charge is 0.383 e. The number of hydrogen-bond donors (Lipinski definition) is 0. The van der Waals surface area contributed by atoms with E-state index in [0.717, 1.165) is 6.26 Å². The van der Waals surface area contributed by atoms with Gasteiger partial charge in [-0.25, -0.2) is 12.8 Å². The van der Waals surface area contributed by atoms with E-state index in [0.29, 0.717) is 28.2 Å². The van der Waals surface area contributed by atoms with Crippen LogP contribution in [0.25, 0.3) is 10.2 Å². The summed E-state index contributed by atoms with van der Waals surface area (Å²) < 4.78 is 44.7. The van der Waals surface area contributed by atoms with Gasteiger partial charge < -0.3 is 9.30 Å². The van der Waals surface area contributed by atoms with Gasteiger partial charge in [0.15, 0.2) is 14.6 Å². The maximum absolute atomic E-state index is 14.3. The second-order valence-electron chi connectivity index (χ2n) is 5.83. The second-order valence-corrected chi connectivity index (χ2v) is 8.85. The number of nitrogens with zero attached hydrogens (tertiary/aromatic N) is 2. The molecule has 0 spiro atoms. The van der Waals surface area contributed by atoms with Crippen LogP contribution >= 0.6 is 11.3 Å². The molecule has 9 heteroatoms. The van der Waals surface area contributed by atoms with Crippen molar-refractivity contribution in [1.82, 2.24) is 4.57 Å². The molecule has 2 aromatic carbocycles. The molecule has 0 saturated heterocycles.